The second-order valence-corrected chi connectivity index (χ2v) is 3.28. The fraction of sp³-hybridized carbons (Fsp3) is 0.200. The van der Waals surface area contributed by atoms with Crippen LogP contribution in [0.1, 0.15) is 17.3 Å². The predicted molar refractivity (Wildman–Crippen MR) is 55.6 cm³/mol. The lowest BCUT2D eigenvalue weighted by Gasteiger charge is -2.09. The SMILES string of the molecule is C[C@H](N)C(=O)Nc1cc(C(=O)O)ccc1F. The molecule has 0 aliphatic heterocycles. The molecular formula is C10H11FN2O3. The summed E-state index contributed by atoms with van der Waals surface area (Å²) in [7, 11) is 0. The summed E-state index contributed by atoms with van der Waals surface area (Å²) in [6.45, 7) is 1.44. The number of halogens is 1. The highest BCUT2D eigenvalue weighted by atomic mass is 19.1. The van der Waals surface area contributed by atoms with Crippen molar-refractivity contribution in [2.45, 2.75) is 13.0 Å². The molecule has 1 aromatic carbocycles. The van der Waals surface area contributed by atoms with Crippen molar-refractivity contribution in [2.75, 3.05) is 5.32 Å². The summed E-state index contributed by atoms with van der Waals surface area (Å²) in [5.74, 6) is -2.49. The Hall–Kier alpha value is -1.95. The summed E-state index contributed by atoms with van der Waals surface area (Å²) in [5, 5.41) is 10.9. The highest BCUT2D eigenvalue weighted by Crippen LogP contribution is 2.16. The van der Waals surface area contributed by atoms with E-state index in [1.165, 1.54) is 6.92 Å². The Kier molecular flexibility index (Phi) is 3.57. The molecule has 16 heavy (non-hydrogen) atoms. The van der Waals surface area contributed by atoms with Crippen molar-refractivity contribution in [3.05, 3.63) is 29.6 Å². The van der Waals surface area contributed by atoms with Gasteiger partial charge in [-0.1, -0.05) is 0 Å². The van der Waals surface area contributed by atoms with E-state index < -0.39 is 23.7 Å². The van der Waals surface area contributed by atoms with Gasteiger partial charge in [0.1, 0.15) is 5.82 Å². The van der Waals surface area contributed by atoms with Gasteiger partial charge in [-0.3, -0.25) is 4.79 Å². The first kappa shape index (κ1) is 12.1. The lowest BCUT2D eigenvalue weighted by molar-refractivity contribution is -0.117. The number of benzene rings is 1. The number of amides is 1. The maximum absolute atomic E-state index is 13.2. The Morgan fingerprint density at radius 1 is 1.50 bits per heavy atom. The van der Waals surface area contributed by atoms with Gasteiger partial charge in [0.2, 0.25) is 5.91 Å². The zero-order valence-corrected chi connectivity index (χ0v) is 8.53. The van der Waals surface area contributed by atoms with Crippen LogP contribution in [0.25, 0.3) is 0 Å². The largest absolute Gasteiger partial charge is 0.478 e. The summed E-state index contributed by atoms with van der Waals surface area (Å²) in [5.41, 5.74) is 4.98. The van der Waals surface area contributed by atoms with Gasteiger partial charge in [-0.05, 0) is 25.1 Å². The first-order valence-electron chi connectivity index (χ1n) is 4.51. The second kappa shape index (κ2) is 4.71. The first-order valence-corrected chi connectivity index (χ1v) is 4.51. The van der Waals surface area contributed by atoms with Gasteiger partial charge in [-0.15, -0.1) is 0 Å². The number of carbonyl (C=O) groups excluding carboxylic acids is 1. The van der Waals surface area contributed by atoms with Gasteiger partial charge >= 0.3 is 5.97 Å². The summed E-state index contributed by atoms with van der Waals surface area (Å²) >= 11 is 0. The molecule has 0 aromatic heterocycles. The highest BCUT2D eigenvalue weighted by molar-refractivity contribution is 5.96. The molecule has 0 fully saturated rings. The molecular weight excluding hydrogens is 215 g/mol. The van der Waals surface area contributed by atoms with Crippen molar-refractivity contribution in [1.29, 1.82) is 0 Å². The molecule has 5 nitrogen and oxygen atoms in total. The van der Waals surface area contributed by atoms with Crippen LogP contribution in [0.5, 0.6) is 0 Å². The van der Waals surface area contributed by atoms with E-state index in [0.29, 0.717) is 0 Å². The number of hydrogen-bond donors (Lipinski definition) is 3. The number of carboxylic acids is 1. The van der Waals surface area contributed by atoms with Crippen LogP contribution in [0.3, 0.4) is 0 Å². The van der Waals surface area contributed by atoms with E-state index >= 15 is 0 Å². The van der Waals surface area contributed by atoms with E-state index in [1.807, 2.05) is 0 Å². The van der Waals surface area contributed by atoms with Crippen LogP contribution in [0.2, 0.25) is 0 Å². The number of hydrogen-bond acceptors (Lipinski definition) is 3. The topological polar surface area (TPSA) is 92.4 Å². The molecule has 0 aliphatic rings. The van der Waals surface area contributed by atoms with Crippen LogP contribution in [-0.4, -0.2) is 23.0 Å². The smallest absolute Gasteiger partial charge is 0.335 e. The molecule has 0 saturated heterocycles. The molecule has 0 spiro atoms. The predicted octanol–water partition coefficient (Wildman–Crippen LogP) is 0.810. The molecule has 1 amide bonds. The summed E-state index contributed by atoms with van der Waals surface area (Å²) < 4.78 is 13.2. The standard InChI is InChI=1S/C10H11FN2O3/c1-5(12)9(14)13-8-4-6(10(15)16)2-3-7(8)11/h2-5H,12H2,1H3,(H,13,14)(H,15,16)/t5-/m0/s1. The Bertz CT molecular complexity index is 432. The first-order chi connectivity index (χ1) is 7.41. The van der Waals surface area contributed by atoms with Crippen molar-refractivity contribution in [2.24, 2.45) is 5.73 Å². The van der Waals surface area contributed by atoms with E-state index in [2.05, 4.69) is 5.32 Å². The zero-order valence-electron chi connectivity index (χ0n) is 8.53. The van der Waals surface area contributed by atoms with Crippen molar-refractivity contribution in [3.63, 3.8) is 0 Å². The van der Waals surface area contributed by atoms with Crippen LogP contribution in [-0.2, 0) is 4.79 Å². The molecule has 4 N–H and O–H groups in total. The molecule has 6 heteroatoms. The number of carboxylic acid groups (broad SMARTS) is 1. The van der Waals surface area contributed by atoms with Gasteiger partial charge in [0.15, 0.2) is 0 Å². The molecule has 86 valence electrons. The van der Waals surface area contributed by atoms with E-state index in [4.69, 9.17) is 10.8 Å². The van der Waals surface area contributed by atoms with Gasteiger partial charge < -0.3 is 16.2 Å². The average Bonchev–Trinajstić information content (AvgIpc) is 2.20. The molecule has 1 atom stereocenters. The van der Waals surface area contributed by atoms with Gasteiger partial charge in [0, 0.05) is 0 Å². The van der Waals surface area contributed by atoms with Gasteiger partial charge in [-0.2, -0.15) is 0 Å². The minimum absolute atomic E-state index is 0.110. The third-order valence-electron chi connectivity index (χ3n) is 1.88. The Morgan fingerprint density at radius 2 is 2.12 bits per heavy atom. The van der Waals surface area contributed by atoms with Gasteiger partial charge in [0.25, 0.3) is 0 Å². The molecule has 0 heterocycles. The minimum atomic E-state index is -1.20. The van der Waals surface area contributed by atoms with Crippen LogP contribution in [0.4, 0.5) is 10.1 Å². The van der Waals surface area contributed by atoms with Crippen LogP contribution < -0.4 is 11.1 Å². The van der Waals surface area contributed by atoms with E-state index in [0.717, 1.165) is 18.2 Å². The molecule has 0 aliphatic carbocycles. The Morgan fingerprint density at radius 3 is 2.62 bits per heavy atom. The van der Waals surface area contributed by atoms with E-state index in [-0.39, 0.29) is 11.3 Å². The maximum Gasteiger partial charge on any atom is 0.335 e. The summed E-state index contributed by atoms with van der Waals surface area (Å²) in [6, 6.07) is 2.32. The molecule has 1 rings (SSSR count). The molecule has 1 aromatic rings. The van der Waals surface area contributed by atoms with Crippen molar-refractivity contribution in [1.82, 2.24) is 0 Å². The van der Waals surface area contributed by atoms with Crippen LogP contribution >= 0.6 is 0 Å². The lowest BCUT2D eigenvalue weighted by Crippen LogP contribution is -2.32. The fourth-order valence-corrected chi connectivity index (χ4v) is 1.00. The van der Waals surface area contributed by atoms with Crippen molar-refractivity contribution in [3.8, 4) is 0 Å². The highest BCUT2D eigenvalue weighted by Gasteiger charge is 2.13. The Balaban J connectivity index is 2.99. The average molecular weight is 226 g/mol. The van der Waals surface area contributed by atoms with E-state index in [1.54, 1.807) is 0 Å². The number of nitrogens with two attached hydrogens (primary N) is 1. The van der Waals surface area contributed by atoms with Crippen LogP contribution in [0, 0.1) is 5.82 Å². The van der Waals surface area contributed by atoms with Crippen molar-refractivity contribution < 1.29 is 19.1 Å². The molecule has 0 saturated carbocycles. The second-order valence-electron chi connectivity index (χ2n) is 3.28. The van der Waals surface area contributed by atoms with Crippen molar-refractivity contribution >= 4 is 17.6 Å². The minimum Gasteiger partial charge on any atom is -0.478 e. The molecule has 0 unspecified atom stereocenters. The number of nitrogens with one attached hydrogen (secondary N) is 1. The Labute approximate surface area is 91.1 Å². The van der Waals surface area contributed by atoms with E-state index in [9.17, 15) is 14.0 Å². The summed E-state index contributed by atoms with van der Waals surface area (Å²) in [6.07, 6.45) is 0. The number of anilines is 1. The molecule has 0 radical (unpaired) electrons. The van der Waals surface area contributed by atoms with Gasteiger partial charge in [0.05, 0.1) is 17.3 Å². The number of rotatable bonds is 3. The third kappa shape index (κ3) is 2.77. The number of carbonyl (C=O) groups is 2. The lowest BCUT2D eigenvalue weighted by atomic mass is 10.2. The third-order valence-corrected chi connectivity index (χ3v) is 1.88. The zero-order chi connectivity index (χ0) is 12.3. The number of aromatic carboxylic acids is 1. The quantitative estimate of drug-likeness (QED) is 0.711. The maximum atomic E-state index is 13.2. The normalized spacial score (nSPS) is 11.9. The fourth-order valence-electron chi connectivity index (χ4n) is 1.00. The summed E-state index contributed by atoms with van der Waals surface area (Å²) in [4.78, 5) is 21.8. The monoisotopic (exact) mass is 226 g/mol. The van der Waals surface area contributed by atoms with Gasteiger partial charge in [-0.25, -0.2) is 9.18 Å². The van der Waals surface area contributed by atoms with Crippen LogP contribution in [0.15, 0.2) is 18.2 Å². The molecule has 0 bridgehead atoms.